The predicted molar refractivity (Wildman–Crippen MR) is 141 cm³/mol. The first-order valence-electron chi connectivity index (χ1n) is 11.3. The van der Waals surface area contributed by atoms with Crippen molar-refractivity contribution in [2.24, 2.45) is 5.73 Å². The highest BCUT2D eigenvalue weighted by Gasteiger charge is 2.27. The van der Waals surface area contributed by atoms with Gasteiger partial charge in [-0.3, -0.25) is 14.4 Å². The van der Waals surface area contributed by atoms with Crippen LogP contribution in [0, 0.1) is 5.82 Å². The Morgan fingerprint density at radius 3 is 2.22 bits per heavy atom. The summed E-state index contributed by atoms with van der Waals surface area (Å²) in [6, 6.07) is 20.3. The summed E-state index contributed by atoms with van der Waals surface area (Å²) < 4.78 is 13.5. The van der Waals surface area contributed by atoms with Crippen molar-refractivity contribution in [3.8, 4) is 0 Å². The fourth-order valence-electron chi connectivity index (χ4n) is 3.60. The number of nitrogens with two attached hydrogens (primary N) is 2. The lowest BCUT2D eigenvalue weighted by Crippen LogP contribution is -2.39. The maximum Gasteiger partial charge on any atom is 0.251 e. The van der Waals surface area contributed by atoms with Crippen molar-refractivity contribution in [2.75, 3.05) is 10.6 Å². The summed E-state index contributed by atoms with van der Waals surface area (Å²) in [4.78, 5) is 43.6. The molecule has 0 fully saturated rings. The summed E-state index contributed by atoms with van der Waals surface area (Å²) in [5.41, 5.74) is 13.8. The third kappa shape index (κ3) is 5.81. The summed E-state index contributed by atoms with van der Waals surface area (Å²) in [6.07, 6.45) is 0. The van der Waals surface area contributed by atoms with E-state index in [1.165, 1.54) is 29.2 Å². The van der Waals surface area contributed by atoms with Crippen molar-refractivity contribution in [3.05, 3.63) is 106 Å². The number of amides is 2. The summed E-state index contributed by atoms with van der Waals surface area (Å²) in [5, 5.41) is 3.10. The van der Waals surface area contributed by atoms with Crippen LogP contribution < -0.4 is 21.7 Å². The fourth-order valence-corrected chi connectivity index (χ4v) is 4.65. The van der Waals surface area contributed by atoms with Crippen molar-refractivity contribution in [3.63, 3.8) is 0 Å². The smallest absolute Gasteiger partial charge is 0.251 e. The van der Waals surface area contributed by atoms with Crippen LogP contribution in [0.3, 0.4) is 0 Å². The number of hydrogen-bond acceptors (Lipinski definition) is 7. The van der Waals surface area contributed by atoms with E-state index in [2.05, 4.69) is 10.3 Å². The number of anilines is 3. The van der Waals surface area contributed by atoms with E-state index >= 15 is 0 Å². The van der Waals surface area contributed by atoms with E-state index in [1.807, 2.05) is 30.3 Å². The Balaban J connectivity index is 1.54. The molecule has 37 heavy (non-hydrogen) atoms. The number of aromatic nitrogens is 1. The van der Waals surface area contributed by atoms with Crippen molar-refractivity contribution < 1.29 is 18.8 Å². The Morgan fingerprint density at radius 2 is 1.59 bits per heavy atom. The number of carbonyl (C=O) groups is 3. The summed E-state index contributed by atoms with van der Waals surface area (Å²) >= 11 is 0.991. The zero-order valence-electron chi connectivity index (χ0n) is 19.9. The second-order valence-corrected chi connectivity index (χ2v) is 9.19. The summed E-state index contributed by atoms with van der Waals surface area (Å²) in [6.45, 7) is 1.96. The maximum absolute atomic E-state index is 13.5. The lowest BCUT2D eigenvalue weighted by molar-refractivity contribution is -0.118. The summed E-state index contributed by atoms with van der Waals surface area (Å²) in [5.74, 6) is -1.74. The largest absolute Gasteiger partial charge is 0.382 e. The molecule has 0 saturated carbocycles. The van der Waals surface area contributed by atoms with Gasteiger partial charge in [0.2, 0.25) is 11.7 Å². The Hall–Kier alpha value is -4.57. The van der Waals surface area contributed by atoms with Gasteiger partial charge >= 0.3 is 0 Å². The number of primary amides is 1. The van der Waals surface area contributed by atoms with Gasteiger partial charge in [0.25, 0.3) is 5.91 Å². The average Bonchev–Trinajstić information content (AvgIpc) is 3.29. The molecular weight excluding hydrogens is 493 g/mol. The highest BCUT2D eigenvalue weighted by Crippen LogP contribution is 2.36. The third-order valence-electron chi connectivity index (χ3n) is 5.66. The number of rotatable bonds is 9. The monoisotopic (exact) mass is 517 g/mol. The van der Waals surface area contributed by atoms with Gasteiger partial charge in [-0.1, -0.05) is 53.8 Å². The van der Waals surface area contributed by atoms with E-state index in [0.29, 0.717) is 23.4 Å². The number of carbonyl (C=O) groups excluding carboxylic acids is 3. The number of benzene rings is 3. The molecule has 4 rings (SSSR count). The van der Waals surface area contributed by atoms with Crippen LogP contribution in [0.2, 0.25) is 0 Å². The molecule has 3 aromatic carbocycles. The van der Waals surface area contributed by atoms with Crippen molar-refractivity contribution in [1.29, 1.82) is 0 Å². The molecule has 1 unspecified atom stereocenters. The second-order valence-electron chi connectivity index (χ2n) is 8.21. The molecule has 4 aromatic rings. The highest BCUT2D eigenvalue weighted by molar-refractivity contribution is 7.18. The topological polar surface area (TPSA) is 131 Å². The van der Waals surface area contributed by atoms with Crippen LogP contribution in [-0.4, -0.2) is 28.6 Å². The molecular formula is C27H24FN5O3S. The van der Waals surface area contributed by atoms with Crippen LogP contribution >= 0.6 is 11.3 Å². The van der Waals surface area contributed by atoms with Gasteiger partial charge in [0.05, 0.1) is 0 Å². The van der Waals surface area contributed by atoms with E-state index in [1.54, 1.807) is 31.2 Å². The molecule has 0 bridgehead atoms. The Kier molecular flexibility index (Phi) is 7.59. The number of ketones is 1. The van der Waals surface area contributed by atoms with Crippen LogP contribution in [0.5, 0.6) is 0 Å². The quantitative estimate of drug-likeness (QED) is 0.287. The van der Waals surface area contributed by atoms with E-state index in [-0.39, 0.29) is 27.5 Å². The normalized spacial score (nSPS) is 11.5. The van der Waals surface area contributed by atoms with E-state index in [9.17, 15) is 18.8 Å². The summed E-state index contributed by atoms with van der Waals surface area (Å²) in [7, 11) is 0. The number of nitrogen functional groups attached to an aromatic ring is 1. The molecule has 188 valence electrons. The first-order valence-corrected chi connectivity index (χ1v) is 12.1. The van der Waals surface area contributed by atoms with Crippen LogP contribution in [0.4, 0.5) is 21.0 Å². The first-order chi connectivity index (χ1) is 17.7. The molecule has 1 heterocycles. The van der Waals surface area contributed by atoms with Gasteiger partial charge in [0.15, 0.2) is 5.13 Å². The lowest BCUT2D eigenvalue weighted by atomic mass is 10.1. The van der Waals surface area contributed by atoms with Crippen LogP contribution in [0.25, 0.3) is 0 Å². The Bertz CT molecular complexity index is 1420. The van der Waals surface area contributed by atoms with Crippen LogP contribution in [0.15, 0.2) is 78.9 Å². The van der Waals surface area contributed by atoms with Crippen molar-refractivity contribution in [2.45, 2.75) is 19.5 Å². The number of hydrogen-bond donors (Lipinski definition) is 3. The number of nitrogens with zero attached hydrogens (tertiary/aromatic N) is 2. The third-order valence-corrected chi connectivity index (χ3v) is 6.73. The van der Waals surface area contributed by atoms with Gasteiger partial charge in [-0.25, -0.2) is 9.37 Å². The second kappa shape index (κ2) is 11.0. The average molecular weight is 518 g/mol. The molecule has 5 N–H and O–H groups in total. The van der Waals surface area contributed by atoms with Crippen LogP contribution in [-0.2, 0) is 11.3 Å². The van der Waals surface area contributed by atoms with Gasteiger partial charge in [0.1, 0.15) is 22.6 Å². The first kappa shape index (κ1) is 25.5. The predicted octanol–water partition coefficient (Wildman–Crippen LogP) is 4.04. The zero-order valence-corrected chi connectivity index (χ0v) is 20.7. The van der Waals surface area contributed by atoms with Crippen molar-refractivity contribution >= 4 is 45.6 Å². The van der Waals surface area contributed by atoms with Gasteiger partial charge in [-0.05, 0) is 48.9 Å². The Labute approximate surface area is 216 Å². The fraction of sp³-hybridized carbons (Fsp3) is 0.111. The molecule has 0 aliphatic rings. The molecule has 0 aliphatic carbocycles. The minimum Gasteiger partial charge on any atom is -0.382 e. The van der Waals surface area contributed by atoms with Gasteiger partial charge in [-0.15, -0.1) is 0 Å². The number of halogens is 1. The zero-order chi connectivity index (χ0) is 26.5. The molecule has 0 radical (unpaired) electrons. The molecule has 1 atom stereocenters. The molecule has 0 spiro atoms. The van der Waals surface area contributed by atoms with Gasteiger partial charge < -0.3 is 21.7 Å². The number of thiazole rings is 1. The van der Waals surface area contributed by atoms with Gasteiger partial charge in [0, 0.05) is 23.4 Å². The van der Waals surface area contributed by atoms with Crippen LogP contribution in [0.1, 0.15) is 38.1 Å². The minimum atomic E-state index is -0.840. The van der Waals surface area contributed by atoms with Gasteiger partial charge in [-0.2, -0.15) is 0 Å². The minimum absolute atomic E-state index is 0.0153. The molecule has 10 heteroatoms. The molecule has 2 amide bonds. The molecule has 8 nitrogen and oxygen atoms in total. The molecule has 0 saturated heterocycles. The van der Waals surface area contributed by atoms with Crippen molar-refractivity contribution in [1.82, 2.24) is 10.3 Å². The van der Waals surface area contributed by atoms with E-state index in [4.69, 9.17) is 11.5 Å². The number of nitrogens with one attached hydrogen (secondary N) is 1. The van der Waals surface area contributed by atoms with E-state index in [0.717, 1.165) is 16.9 Å². The standard InChI is InChI=1S/C27H24FN5O3S/c1-16(25(30)35)33(21-13-11-20(28)12-14-21)27-32-24(29)23(37-27)22(34)18-7-9-19(10-8-18)26(36)31-15-17-5-3-2-4-6-17/h2-14,16H,15,29H2,1H3,(H2,30,35)(H,31,36). The molecule has 0 aliphatic heterocycles. The Morgan fingerprint density at radius 1 is 0.973 bits per heavy atom. The lowest BCUT2D eigenvalue weighted by Gasteiger charge is -2.26. The molecule has 1 aromatic heterocycles. The maximum atomic E-state index is 13.5. The van der Waals surface area contributed by atoms with E-state index < -0.39 is 17.8 Å². The highest BCUT2D eigenvalue weighted by atomic mass is 32.1. The SMILES string of the molecule is CC(C(N)=O)N(c1ccc(F)cc1)c1nc(N)c(C(=O)c2ccc(C(=O)NCc3ccccc3)cc2)s1.